The van der Waals surface area contributed by atoms with Crippen LogP contribution in [0.5, 0.6) is 11.5 Å². The van der Waals surface area contributed by atoms with E-state index >= 15 is 0 Å². The van der Waals surface area contributed by atoms with Gasteiger partial charge in [-0.15, -0.1) is 6.58 Å². The molecule has 6 heteroatoms. The minimum absolute atomic E-state index is 0.117. The van der Waals surface area contributed by atoms with Gasteiger partial charge in [-0.3, -0.25) is 9.36 Å². The van der Waals surface area contributed by atoms with Gasteiger partial charge in [-0.25, -0.2) is 4.98 Å². The van der Waals surface area contributed by atoms with Gasteiger partial charge in [0.25, 0.3) is 5.91 Å². The molecule has 0 unspecified atom stereocenters. The molecule has 0 saturated heterocycles. The topological polar surface area (TPSA) is 56.6 Å². The minimum atomic E-state index is -0.117. The van der Waals surface area contributed by atoms with Gasteiger partial charge in [0, 0.05) is 19.3 Å². The lowest BCUT2D eigenvalue weighted by Gasteiger charge is -2.16. The Morgan fingerprint density at radius 3 is 2.61 bits per heavy atom. The summed E-state index contributed by atoms with van der Waals surface area (Å²) in [5.41, 5.74) is 3.32. The maximum absolute atomic E-state index is 12.7. The molecule has 0 aliphatic heterocycles. The van der Waals surface area contributed by atoms with E-state index in [4.69, 9.17) is 9.47 Å². The quantitative estimate of drug-likeness (QED) is 0.588. The molecule has 0 spiro atoms. The lowest BCUT2D eigenvalue weighted by molar-refractivity contribution is 0.0802. The second-order valence-electron chi connectivity index (χ2n) is 6.24. The molecule has 1 heterocycles. The van der Waals surface area contributed by atoms with Crippen molar-refractivity contribution < 1.29 is 14.3 Å². The number of ether oxygens (including phenoxy) is 2. The van der Waals surface area contributed by atoms with Crippen LogP contribution in [0.25, 0.3) is 16.8 Å². The molecule has 2 aromatic carbocycles. The average Bonchev–Trinajstić information content (AvgIpc) is 3.22. The molecule has 1 aromatic heterocycles. The first-order valence-electron chi connectivity index (χ1n) is 8.80. The van der Waals surface area contributed by atoms with E-state index in [2.05, 4.69) is 11.6 Å². The summed E-state index contributed by atoms with van der Waals surface area (Å²) in [4.78, 5) is 18.4. The third-order valence-corrected chi connectivity index (χ3v) is 4.45. The Morgan fingerprint density at radius 2 is 1.89 bits per heavy atom. The van der Waals surface area contributed by atoms with E-state index in [-0.39, 0.29) is 5.91 Å². The number of carbonyl (C=O) groups excluding carboxylic acids is 1. The summed E-state index contributed by atoms with van der Waals surface area (Å²) in [5.74, 6) is 1.22. The van der Waals surface area contributed by atoms with Crippen molar-refractivity contribution in [2.24, 2.45) is 0 Å². The number of amides is 1. The Kier molecular flexibility index (Phi) is 5.79. The molecular weight excluding hydrogens is 354 g/mol. The monoisotopic (exact) mass is 377 g/mol. The summed E-state index contributed by atoms with van der Waals surface area (Å²) in [5, 5.41) is 0. The fourth-order valence-electron chi connectivity index (χ4n) is 2.98. The Hall–Kier alpha value is -3.54. The van der Waals surface area contributed by atoms with Crippen LogP contribution in [-0.4, -0.2) is 48.2 Å². The Bertz CT molecular complexity index is 994. The Labute approximate surface area is 164 Å². The molecule has 0 N–H and O–H groups in total. The summed E-state index contributed by atoms with van der Waals surface area (Å²) >= 11 is 0. The molecule has 0 radical (unpaired) electrons. The number of rotatable bonds is 7. The lowest BCUT2D eigenvalue weighted by Crippen LogP contribution is -2.28. The van der Waals surface area contributed by atoms with E-state index in [0.717, 1.165) is 16.8 Å². The van der Waals surface area contributed by atoms with Crippen LogP contribution in [0.2, 0.25) is 0 Å². The molecule has 3 rings (SSSR count). The summed E-state index contributed by atoms with van der Waals surface area (Å²) in [7, 11) is 4.96. The van der Waals surface area contributed by atoms with Crippen LogP contribution in [0.1, 0.15) is 10.5 Å². The van der Waals surface area contributed by atoms with E-state index in [0.29, 0.717) is 23.7 Å². The predicted molar refractivity (Wildman–Crippen MR) is 109 cm³/mol. The van der Waals surface area contributed by atoms with Crippen LogP contribution < -0.4 is 9.47 Å². The molecule has 0 atom stereocenters. The second kappa shape index (κ2) is 8.43. The number of aromatic nitrogens is 2. The van der Waals surface area contributed by atoms with Crippen LogP contribution in [-0.2, 0) is 0 Å². The normalized spacial score (nSPS) is 10.4. The first kappa shape index (κ1) is 19.2. The van der Waals surface area contributed by atoms with E-state index in [1.807, 2.05) is 42.5 Å². The number of likely N-dealkylation sites (N-methyl/N-ethyl adjacent to an activating group) is 1. The first-order valence-corrected chi connectivity index (χ1v) is 8.80. The zero-order chi connectivity index (χ0) is 20.1. The van der Waals surface area contributed by atoms with Crippen molar-refractivity contribution >= 4 is 5.91 Å². The zero-order valence-electron chi connectivity index (χ0n) is 16.3. The fraction of sp³-hybridized carbons (Fsp3) is 0.182. The number of nitrogens with zero attached hydrogens (tertiary/aromatic N) is 3. The van der Waals surface area contributed by atoms with Gasteiger partial charge in [0.1, 0.15) is 5.69 Å². The van der Waals surface area contributed by atoms with Crippen molar-refractivity contribution in [2.75, 3.05) is 27.8 Å². The highest BCUT2D eigenvalue weighted by Gasteiger charge is 2.17. The molecule has 3 aromatic rings. The molecule has 6 nitrogen and oxygen atoms in total. The molecular formula is C22H23N3O3. The highest BCUT2D eigenvalue weighted by molar-refractivity contribution is 5.93. The largest absolute Gasteiger partial charge is 0.493 e. The first-order chi connectivity index (χ1) is 13.6. The maximum atomic E-state index is 12.7. The SMILES string of the molecule is C=CCN(C)C(=O)c1cncn1-c1cccc(-c2ccc(OC)c(OC)c2)c1. The van der Waals surface area contributed by atoms with E-state index in [1.165, 1.54) is 0 Å². The van der Waals surface area contributed by atoms with Crippen molar-refractivity contribution in [3.8, 4) is 28.3 Å². The predicted octanol–water partition coefficient (Wildman–Crippen LogP) is 3.81. The minimum Gasteiger partial charge on any atom is -0.493 e. The molecule has 0 aliphatic rings. The van der Waals surface area contributed by atoms with Crippen molar-refractivity contribution in [3.63, 3.8) is 0 Å². The Morgan fingerprint density at radius 1 is 1.14 bits per heavy atom. The summed E-state index contributed by atoms with van der Waals surface area (Å²) < 4.78 is 12.5. The molecule has 0 fully saturated rings. The van der Waals surface area contributed by atoms with Gasteiger partial charge < -0.3 is 14.4 Å². The average molecular weight is 377 g/mol. The van der Waals surface area contributed by atoms with Crippen molar-refractivity contribution in [1.82, 2.24) is 14.5 Å². The number of methoxy groups -OCH3 is 2. The maximum Gasteiger partial charge on any atom is 0.272 e. The molecule has 0 bridgehead atoms. The van der Waals surface area contributed by atoms with Crippen LogP contribution in [0.15, 0.2) is 67.6 Å². The molecule has 1 amide bonds. The van der Waals surface area contributed by atoms with Gasteiger partial charge in [0.2, 0.25) is 0 Å². The van der Waals surface area contributed by atoms with Gasteiger partial charge in [-0.05, 0) is 35.4 Å². The molecule has 0 aliphatic carbocycles. The standard InChI is InChI=1S/C22H23N3O3/c1-5-11-24(2)22(26)19-14-23-15-25(19)18-8-6-7-16(12-18)17-9-10-20(27-3)21(13-17)28-4/h5-10,12-15H,1,11H2,2-4H3. The van der Waals surface area contributed by atoms with Gasteiger partial charge >= 0.3 is 0 Å². The molecule has 0 saturated carbocycles. The van der Waals surface area contributed by atoms with Crippen molar-refractivity contribution in [1.29, 1.82) is 0 Å². The third-order valence-electron chi connectivity index (χ3n) is 4.45. The van der Waals surface area contributed by atoms with Gasteiger partial charge in [-0.1, -0.05) is 24.3 Å². The summed E-state index contributed by atoms with van der Waals surface area (Å²) in [6, 6.07) is 13.7. The van der Waals surface area contributed by atoms with Crippen LogP contribution in [0, 0.1) is 0 Å². The zero-order valence-corrected chi connectivity index (χ0v) is 16.3. The highest BCUT2D eigenvalue weighted by atomic mass is 16.5. The van der Waals surface area contributed by atoms with Crippen LogP contribution >= 0.6 is 0 Å². The summed E-state index contributed by atoms with van der Waals surface area (Å²) in [6.45, 7) is 4.15. The molecule has 28 heavy (non-hydrogen) atoms. The fourth-order valence-corrected chi connectivity index (χ4v) is 2.98. The Balaban J connectivity index is 1.99. The van der Waals surface area contributed by atoms with E-state index in [9.17, 15) is 4.79 Å². The highest BCUT2D eigenvalue weighted by Crippen LogP contribution is 2.33. The van der Waals surface area contributed by atoms with E-state index in [1.54, 1.807) is 49.3 Å². The van der Waals surface area contributed by atoms with Crippen molar-refractivity contribution in [2.45, 2.75) is 0 Å². The van der Waals surface area contributed by atoms with Gasteiger partial charge in [0.05, 0.1) is 26.7 Å². The third kappa shape index (κ3) is 3.76. The van der Waals surface area contributed by atoms with Crippen LogP contribution in [0.3, 0.4) is 0 Å². The second-order valence-corrected chi connectivity index (χ2v) is 6.24. The van der Waals surface area contributed by atoms with Gasteiger partial charge in [-0.2, -0.15) is 0 Å². The lowest BCUT2D eigenvalue weighted by atomic mass is 10.0. The van der Waals surface area contributed by atoms with Crippen LogP contribution in [0.4, 0.5) is 0 Å². The van der Waals surface area contributed by atoms with E-state index < -0.39 is 0 Å². The smallest absolute Gasteiger partial charge is 0.272 e. The summed E-state index contributed by atoms with van der Waals surface area (Å²) in [6.07, 6.45) is 4.91. The van der Waals surface area contributed by atoms with Crippen molar-refractivity contribution in [3.05, 3.63) is 73.3 Å². The van der Waals surface area contributed by atoms with Gasteiger partial charge in [0.15, 0.2) is 11.5 Å². The molecule has 144 valence electrons. The number of carbonyl (C=O) groups is 1. The number of imidazole rings is 1. The number of benzene rings is 2. The number of hydrogen-bond acceptors (Lipinski definition) is 4. The number of hydrogen-bond donors (Lipinski definition) is 0.